The van der Waals surface area contributed by atoms with Gasteiger partial charge in [-0.3, -0.25) is 4.79 Å². The summed E-state index contributed by atoms with van der Waals surface area (Å²) in [6.45, 7) is 1.39. The lowest BCUT2D eigenvalue weighted by molar-refractivity contribution is -0.114. The number of allylic oxidation sites excluding steroid dienone is 1. The summed E-state index contributed by atoms with van der Waals surface area (Å²) in [5.74, 6) is -0.225. The van der Waals surface area contributed by atoms with E-state index < -0.39 is 5.97 Å². The molecule has 3 aromatic rings. The summed E-state index contributed by atoms with van der Waals surface area (Å²) in [5.41, 5.74) is 2.82. The van der Waals surface area contributed by atoms with Gasteiger partial charge in [0.05, 0.1) is 24.3 Å². The minimum absolute atomic E-state index is 0.233. The van der Waals surface area contributed by atoms with Gasteiger partial charge in [-0.2, -0.15) is 5.26 Å². The summed E-state index contributed by atoms with van der Waals surface area (Å²) in [7, 11) is 1.47. The van der Waals surface area contributed by atoms with Crippen molar-refractivity contribution in [1.82, 2.24) is 0 Å². The van der Waals surface area contributed by atoms with Crippen LogP contribution in [0, 0.1) is 11.3 Å². The molecule has 0 aliphatic heterocycles. The van der Waals surface area contributed by atoms with Crippen LogP contribution in [0.25, 0.3) is 11.6 Å². The fourth-order valence-corrected chi connectivity index (χ4v) is 2.91. The summed E-state index contributed by atoms with van der Waals surface area (Å²) in [6.07, 6.45) is 1.74. The van der Waals surface area contributed by atoms with Crippen molar-refractivity contribution in [2.24, 2.45) is 0 Å². The van der Waals surface area contributed by atoms with Crippen LogP contribution in [-0.4, -0.2) is 19.0 Å². The Hall–Kier alpha value is -4.37. The molecule has 6 nitrogen and oxygen atoms in total. The first-order chi connectivity index (χ1) is 15.0. The highest BCUT2D eigenvalue weighted by atomic mass is 16.6. The van der Waals surface area contributed by atoms with E-state index in [1.807, 2.05) is 30.3 Å². The van der Waals surface area contributed by atoms with Gasteiger partial charge in [-0.25, -0.2) is 4.79 Å². The highest BCUT2D eigenvalue weighted by Gasteiger charge is 2.14. The van der Waals surface area contributed by atoms with Gasteiger partial charge in [-0.05, 0) is 47.5 Å². The average Bonchev–Trinajstić information content (AvgIpc) is 2.78. The Morgan fingerprint density at radius 3 is 2.35 bits per heavy atom. The maximum Gasteiger partial charge on any atom is 0.343 e. The second-order valence-corrected chi connectivity index (χ2v) is 6.60. The molecule has 154 valence electrons. The van der Waals surface area contributed by atoms with E-state index in [0.717, 1.165) is 11.1 Å². The van der Waals surface area contributed by atoms with Crippen molar-refractivity contribution < 1.29 is 19.1 Å². The van der Waals surface area contributed by atoms with Crippen molar-refractivity contribution >= 4 is 29.2 Å². The summed E-state index contributed by atoms with van der Waals surface area (Å²) < 4.78 is 10.9. The van der Waals surface area contributed by atoms with Gasteiger partial charge >= 0.3 is 5.97 Å². The zero-order valence-corrected chi connectivity index (χ0v) is 17.1. The van der Waals surface area contributed by atoms with Crippen molar-refractivity contribution in [2.75, 3.05) is 12.4 Å². The molecule has 1 amide bonds. The molecule has 0 spiro atoms. The van der Waals surface area contributed by atoms with Gasteiger partial charge in [-0.15, -0.1) is 0 Å². The number of benzene rings is 3. The normalized spacial score (nSPS) is 10.7. The lowest BCUT2D eigenvalue weighted by Crippen LogP contribution is -2.11. The van der Waals surface area contributed by atoms with E-state index in [-0.39, 0.29) is 17.2 Å². The zero-order valence-electron chi connectivity index (χ0n) is 17.1. The van der Waals surface area contributed by atoms with Gasteiger partial charge in [0.1, 0.15) is 0 Å². The second-order valence-electron chi connectivity index (χ2n) is 6.60. The Morgan fingerprint density at radius 1 is 0.935 bits per heavy atom. The van der Waals surface area contributed by atoms with Crippen LogP contribution in [-0.2, 0) is 4.79 Å². The van der Waals surface area contributed by atoms with E-state index in [4.69, 9.17) is 9.47 Å². The molecule has 31 heavy (non-hydrogen) atoms. The van der Waals surface area contributed by atoms with Crippen LogP contribution in [0.3, 0.4) is 0 Å². The summed E-state index contributed by atoms with van der Waals surface area (Å²) in [4.78, 5) is 23.8. The maximum absolute atomic E-state index is 12.6. The largest absolute Gasteiger partial charge is 0.493 e. The van der Waals surface area contributed by atoms with Gasteiger partial charge < -0.3 is 14.8 Å². The molecule has 0 heterocycles. The van der Waals surface area contributed by atoms with E-state index >= 15 is 0 Å². The van der Waals surface area contributed by atoms with Gasteiger partial charge in [0.25, 0.3) is 0 Å². The Balaban J connectivity index is 1.84. The fourth-order valence-electron chi connectivity index (χ4n) is 2.91. The standard InChI is InChI=1S/C25H20N2O4/c1-17(28)27-22-10-6-9-20(15-22)25(29)31-23-12-11-18(14-24(23)30-2)13-21(16-26)19-7-4-3-5-8-19/h3-15H,1-2H3,(H,27,28)/b21-13-. The first-order valence-corrected chi connectivity index (χ1v) is 9.45. The molecule has 6 heteroatoms. The fraction of sp³-hybridized carbons (Fsp3) is 0.0800. The number of carbonyl (C=O) groups excluding carboxylic acids is 2. The van der Waals surface area contributed by atoms with Crippen molar-refractivity contribution in [2.45, 2.75) is 6.92 Å². The summed E-state index contributed by atoms with van der Waals surface area (Å²) in [5, 5.41) is 12.1. The van der Waals surface area contributed by atoms with Crippen molar-refractivity contribution in [3.8, 4) is 17.6 Å². The quantitative estimate of drug-likeness (QED) is 0.268. The van der Waals surface area contributed by atoms with Gasteiger partial charge in [0.2, 0.25) is 5.91 Å². The lowest BCUT2D eigenvalue weighted by Gasteiger charge is -2.11. The Kier molecular flexibility index (Phi) is 6.82. The number of rotatable bonds is 6. The third-order valence-electron chi connectivity index (χ3n) is 4.33. The Labute approximate surface area is 180 Å². The number of amides is 1. The molecule has 0 aromatic heterocycles. The topological polar surface area (TPSA) is 88.4 Å². The number of anilines is 1. The lowest BCUT2D eigenvalue weighted by atomic mass is 10.0. The highest BCUT2D eigenvalue weighted by molar-refractivity contribution is 5.95. The summed E-state index contributed by atoms with van der Waals surface area (Å²) >= 11 is 0. The molecule has 0 unspecified atom stereocenters. The molecular formula is C25H20N2O4. The molecule has 0 aliphatic carbocycles. The SMILES string of the molecule is COc1cc(/C=C(/C#N)c2ccccc2)ccc1OC(=O)c1cccc(NC(C)=O)c1. The first kappa shape index (κ1) is 21.3. The number of methoxy groups -OCH3 is 1. The molecule has 0 saturated heterocycles. The number of nitrogens with zero attached hydrogens (tertiary/aromatic N) is 1. The van der Waals surface area contributed by atoms with Crippen LogP contribution in [0.4, 0.5) is 5.69 Å². The second kappa shape index (κ2) is 9.90. The first-order valence-electron chi connectivity index (χ1n) is 9.45. The number of carbonyl (C=O) groups is 2. The molecule has 0 fully saturated rings. The number of ether oxygens (including phenoxy) is 2. The third-order valence-corrected chi connectivity index (χ3v) is 4.33. The van der Waals surface area contributed by atoms with Crippen LogP contribution in [0.1, 0.15) is 28.4 Å². The van der Waals surface area contributed by atoms with Gasteiger partial charge in [0, 0.05) is 12.6 Å². The van der Waals surface area contributed by atoms with Crippen LogP contribution < -0.4 is 14.8 Å². The van der Waals surface area contributed by atoms with Crippen LogP contribution in [0.2, 0.25) is 0 Å². The minimum Gasteiger partial charge on any atom is -0.493 e. The predicted octanol–water partition coefficient (Wildman–Crippen LogP) is 4.94. The Bertz CT molecular complexity index is 1180. The minimum atomic E-state index is -0.587. The van der Waals surface area contributed by atoms with Crippen LogP contribution in [0.5, 0.6) is 11.5 Å². The molecule has 0 saturated carbocycles. The number of esters is 1. The van der Waals surface area contributed by atoms with Crippen molar-refractivity contribution in [3.63, 3.8) is 0 Å². The van der Waals surface area contributed by atoms with E-state index in [9.17, 15) is 14.9 Å². The smallest absolute Gasteiger partial charge is 0.343 e. The van der Waals surface area contributed by atoms with Crippen molar-refractivity contribution in [3.05, 3.63) is 89.5 Å². The van der Waals surface area contributed by atoms with Crippen molar-refractivity contribution in [1.29, 1.82) is 5.26 Å². The number of hydrogen-bond donors (Lipinski definition) is 1. The van der Waals surface area contributed by atoms with E-state index in [1.165, 1.54) is 20.1 Å². The van der Waals surface area contributed by atoms with E-state index in [1.54, 1.807) is 42.5 Å². The zero-order chi connectivity index (χ0) is 22.2. The highest BCUT2D eigenvalue weighted by Crippen LogP contribution is 2.30. The molecule has 0 aliphatic rings. The van der Waals surface area contributed by atoms with Crippen LogP contribution >= 0.6 is 0 Å². The van der Waals surface area contributed by atoms with Gasteiger partial charge in [-0.1, -0.05) is 42.5 Å². The molecule has 1 N–H and O–H groups in total. The molecule has 0 bridgehead atoms. The van der Waals surface area contributed by atoms with E-state index in [0.29, 0.717) is 17.0 Å². The number of hydrogen-bond acceptors (Lipinski definition) is 5. The predicted molar refractivity (Wildman–Crippen MR) is 119 cm³/mol. The third kappa shape index (κ3) is 5.58. The Morgan fingerprint density at radius 2 is 1.68 bits per heavy atom. The molecule has 0 radical (unpaired) electrons. The maximum atomic E-state index is 12.6. The molecule has 0 atom stereocenters. The summed E-state index contributed by atoms with van der Waals surface area (Å²) in [6, 6.07) is 23.0. The number of nitrogens with one attached hydrogen (secondary N) is 1. The average molecular weight is 412 g/mol. The molecule has 3 rings (SSSR count). The number of nitriles is 1. The van der Waals surface area contributed by atoms with Gasteiger partial charge in [0.15, 0.2) is 11.5 Å². The van der Waals surface area contributed by atoms with E-state index in [2.05, 4.69) is 11.4 Å². The molecule has 3 aromatic carbocycles. The molecular weight excluding hydrogens is 392 g/mol. The van der Waals surface area contributed by atoms with Crippen LogP contribution in [0.15, 0.2) is 72.8 Å². The monoisotopic (exact) mass is 412 g/mol.